The Hall–Kier alpha value is -2.30. The van der Waals surface area contributed by atoms with E-state index in [1.54, 1.807) is 17.0 Å². The highest BCUT2D eigenvalue weighted by molar-refractivity contribution is 5.94. The summed E-state index contributed by atoms with van der Waals surface area (Å²) >= 11 is 0. The number of nitrogens with zero attached hydrogens (tertiary/aromatic N) is 1. The van der Waals surface area contributed by atoms with Crippen molar-refractivity contribution in [3.63, 3.8) is 0 Å². The van der Waals surface area contributed by atoms with E-state index in [1.807, 2.05) is 0 Å². The molecule has 2 aromatic carbocycles. The molecule has 1 saturated heterocycles. The molecule has 132 valence electrons. The number of hydrogen-bond donors (Lipinski definition) is 0. The minimum absolute atomic E-state index is 0.259. The van der Waals surface area contributed by atoms with Crippen LogP contribution in [0, 0.1) is 23.4 Å². The van der Waals surface area contributed by atoms with Crippen LogP contribution in [0.25, 0.3) is 0 Å². The van der Waals surface area contributed by atoms with Gasteiger partial charge in [0.1, 0.15) is 23.0 Å². The Morgan fingerprint density at radius 3 is 2.40 bits per heavy atom. The molecule has 1 fully saturated rings. The van der Waals surface area contributed by atoms with Gasteiger partial charge >= 0.3 is 0 Å². The number of rotatable bonds is 4. The zero-order valence-corrected chi connectivity index (χ0v) is 13.9. The molecule has 1 aliphatic heterocycles. The van der Waals surface area contributed by atoms with Crippen LogP contribution in [-0.2, 0) is 6.42 Å². The Bertz CT molecular complexity index is 725. The highest BCUT2D eigenvalue weighted by atomic mass is 19.1. The summed E-state index contributed by atoms with van der Waals surface area (Å²) in [6.45, 7) is 1.01. The van der Waals surface area contributed by atoms with Gasteiger partial charge in [0.15, 0.2) is 0 Å². The standard InChI is InChI=1S/C20H20F3NO/c21-16-10-8-14(9-11-16)6-7-15-3-2-12-24(13-15)20(25)19-17(22)4-1-5-18(19)23/h1,4-5,8-11,15H,2-3,6-7,12-13H2. The van der Waals surface area contributed by atoms with Gasteiger partial charge in [-0.3, -0.25) is 4.79 Å². The number of aryl methyl sites for hydroxylation is 1. The van der Waals surface area contributed by atoms with E-state index in [9.17, 15) is 18.0 Å². The molecular formula is C20H20F3NO. The van der Waals surface area contributed by atoms with E-state index in [1.165, 1.54) is 18.2 Å². The van der Waals surface area contributed by atoms with E-state index < -0.39 is 23.1 Å². The monoisotopic (exact) mass is 347 g/mol. The summed E-state index contributed by atoms with van der Waals surface area (Å²) in [6.07, 6.45) is 3.44. The Labute approximate surface area is 145 Å². The molecule has 0 saturated carbocycles. The summed E-state index contributed by atoms with van der Waals surface area (Å²) in [7, 11) is 0. The molecule has 1 atom stereocenters. The quantitative estimate of drug-likeness (QED) is 0.792. The average Bonchev–Trinajstić information content (AvgIpc) is 2.61. The fraction of sp³-hybridized carbons (Fsp3) is 0.350. The average molecular weight is 347 g/mol. The molecule has 3 rings (SSSR count). The first-order valence-electron chi connectivity index (χ1n) is 8.52. The van der Waals surface area contributed by atoms with Crippen molar-refractivity contribution in [2.75, 3.05) is 13.1 Å². The lowest BCUT2D eigenvalue weighted by Gasteiger charge is -2.33. The molecule has 2 aromatic rings. The van der Waals surface area contributed by atoms with Crippen molar-refractivity contribution in [3.8, 4) is 0 Å². The second-order valence-electron chi connectivity index (χ2n) is 6.52. The lowest BCUT2D eigenvalue weighted by Crippen LogP contribution is -2.40. The van der Waals surface area contributed by atoms with Crippen molar-refractivity contribution >= 4 is 5.91 Å². The van der Waals surface area contributed by atoms with Crippen LogP contribution in [0.15, 0.2) is 42.5 Å². The minimum Gasteiger partial charge on any atom is -0.338 e. The summed E-state index contributed by atoms with van der Waals surface area (Å²) in [5.41, 5.74) is 0.576. The number of hydrogen-bond acceptors (Lipinski definition) is 1. The molecule has 0 N–H and O–H groups in total. The molecule has 0 spiro atoms. The number of carbonyl (C=O) groups excluding carboxylic acids is 1. The van der Waals surface area contributed by atoms with E-state index in [0.29, 0.717) is 13.1 Å². The lowest BCUT2D eigenvalue weighted by atomic mass is 9.91. The van der Waals surface area contributed by atoms with Crippen molar-refractivity contribution in [2.45, 2.75) is 25.7 Å². The molecule has 0 bridgehead atoms. The van der Waals surface area contributed by atoms with Gasteiger partial charge in [0.25, 0.3) is 5.91 Å². The van der Waals surface area contributed by atoms with Crippen LogP contribution in [0.2, 0.25) is 0 Å². The Morgan fingerprint density at radius 1 is 1.04 bits per heavy atom. The summed E-state index contributed by atoms with van der Waals surface area (Å²) < 4.78 is 40.6. The third kappa shape index (κ3) is 4.21. The van der Waals surface area contributed by atoms with Crippen LogP contribution in [0.4, 0.5) is 13.2 Å². The first-order valence-corrected chi connectivity index (χ1v) is 8.52. The SMILES string of the molecule is O=C(c1c(F)cccc1F)N1CCCC(CCc2ccc(F)cc2)C1. The van der Waals surface area contributed by atoms with Crippen molar-refractivity contribution in [1.29, 1.82) is 0 Å². The summed E-state index contributed by atoms with van der Waals surface area (Å²) in [4.78, 5) is 14.0. The third-order valence-electron chi connectivity index (χ3n) is 4.74. The second kappa shape index (κ2) is 7.72. The first-order chi connectivity index (χ1) is 12.0. The van der Waals surface area contributed by atoms with E-state index in [4.69, 9.17) is 0 Å². The van der Waals surface area contributed by atoms with Gasteiger partial charge in [-0.2, -0.15) is 0 Å². The molecular weight excluding hydrogens is 327 g/mol. The second-order valence-corrected chi connectivity index (χ2v) is 6.52. The number of halogens is 3. The number of amides is 1. The van der Waals surface area contributed by atoms with Crippen molar-refractivity contribution < 1.29 is 18.0 Å². The van der Waals surface area contributed by atoms with Crippen LogP contribution < -0.4 is 0 Å². The van der Waals surface area contributed by atoms with E-state index in [2.05, 4.69) is 0 Å². The molecule has 1 aliphatic rings. The Balaban J connectivity index is 1.62. The summed E-state index contributed by atoms with van der Waals surface area (Å²) in [6, 6.07) is 9.85. The smallest absolute Gasteiger partial charge is 0.259 e. The fourth-order valence-electron chi connectivity index (χ4n) is 3.37. The predicted molar refractivity (Wildman–Crippen MR) is 89.7 cm³/mol. The molecule has 1 unspecified atom stereocenters. The lowest BCUT2D eigenvalue weighted by molar-refractivity contribution is 0.0658. The van der Waals surface area contributed by atoms with Crippen LogP contribution in [-0.4, -0.2) is 23.9 Å². The van der Waals surface area contributed by atoms with E-state index >= 15 is 0 Å². The summed E-state index contributed by atoms with van der Waals surface area (Å²) in [5, 5.41) is 0. The van der Waals surface area contributed by atoms with Gasteiger partial charge in [-0.15, -0.1) is 0 Å². The summed E-state index contributed by atoms with van der Waals surface area (Å²) in [5.74, 6) is -2.21. The van der Waals surface area contributed by atoms with Gasteiger partial charge < -0.3 is 4.90 Å². The molecule has 1 heterocycles. The molecule has 0 aromatic heterocycles. The predicted octanol–water partition coefficient (Wildman–Crippen LogP) is 4.59. The van der Waals surface area contributed by atoms with Gasteiger partial charge in [-0.05, 0) is 61.4 Å². The molecule has 0 aliphatic carbocycles. The largest absolute Gasteiger partial charge is 0.338 e. The van der Waals surface area contributed by atoms with Gasteiger partial charge in [0.05, 0.1) is 0 Å². The zero-order valence-electron chi connectivity index (χ0n) is 13.9. The maximum atomic E-state index is 13.8. The molecule has 25 heavy (non-hydrogen) atoms. The highest BCUT2D eigenvalue weighted by Crippen LogP contribution is 2.24. The zero-order chi connectivity index (χ0) is 17.8. The normalized spacial score (nSPS) is 17.6. The van der Waals surface area contributed by atoms with Gasteiger partial charge in [0, 0.05) is 13.1 Å². The van der Waals surface area contributed by atoms with Crippen molar-refractivity contribution in [3.05, 3.63) is 71.0 Å². The van der Waals surface area contributed by atoms with E-state index in [-0.39, 0.29) is 11.7 Å². The number of piperidine rings is 1. The Kier molecular flexibility index (Phi) is 5.41. The van der Waals surface area contributed by atoms with Gasteiger partial charge in [0.2, 0.25) is 0 Å². The molecule has 2 nitrogen and oxygen atoms in total. The van der Waals surface area contributed by atoms with Crippen molar-refractivity contribution in [1.82, 2.24) is 4.90 Å². The van der Waals surface area contributed by atoms with Crippen LogP contribution in [0.1, 0.15) is 35.2 Å². The molecule has 0 radical (unpaired) electrons. The topological polar surface area (TPSA) is 20.3 Å². The van der Waals surface area contributed by atoms with E-state index in [0.717, 1.165) is 43.4 Å². The maximum Gasteiger partial charge on any atom is 0.259 e. The maximum absolute atomic E-state index is 13.8. The van der Waals surface area contributed by atoms with Crippen LogP contribution in [0.5, 0.6) is 0 Å². The van der Waals surface area contributed by atoms with Gasteiger partial charge in [-0.1, -0.05) is 18.2 Å². The van der Waals surface area contributed by atoms with Gasteiger partial charge in [-0.25, -0.2) is 13.2 Å². The van der Waals surface area contributed by atoms with Crippen molar-refractivity contribution in [2.24, 2.45) is 5.92 Å². The molecule has 1 amide bonds. The fourth-order valence-corrected chi connectivity index (χ4v) is 3.37. The third-order valence-corrected chi connectivity index (χ3v) is 4.74. The highest BCUT2D eigenvalue weighted by Gasteiger charge is 2.27. The number of benzene rings is 2. The number of likely N-dealkylation sites (tertiary alicyclic amines) is 1. The minimum atomic E-state index is -0.821. The van der Waals surface area contributed by atoms with Crippen LogP contribution in [0.3, 0.4) is 0 Å². The first kappa shape index (κ1) is 17.5. The Morgan fingerprint density at radius 2 is 1.72 bits per heavy atom. The molecule has 5 heteroatoms. The van der Waals surface area contributed by atoms with Crippen LogP contribution >= 0.6 is 0 Å². The number of carbonyl (C=O) groups is 1.